The number of nitrogens with zero attached hydrogens (tertiary/aromatic N) is 1. The molecule has 4 nitrogen and oxygen atoms in total. The molecule has 4 heteroatoms. The van der Waals surface area contributed by atoms with E-state index in [0.29, 0.717) is 11.8 Å². The molecule has 128 valence electrons. The van der Waals surface area contributed by atoms with Crippen molar-refractivity contribution in [3.05, 3.63) is 65.7 Å². The first-order chi connectivity index (χ1) is 12.2. The Morgan fingerprint density at radius 3 is 2.68 bits per heavy atom. The standard InChI is InChI=1S/C21H23N3O/c25-20-17-8-4-5-9-19(17)22-21(23-20)11-10-16-13-24(14-18(16)21)12-15-6-2-1-3-7-15/h1-9,16,18,22H,10-14H2,(H,23,25)/t16-,18-,21+/m1/s1. The van der Waals surface area contributed by atoms with Gasteiger partial charge < -0.3 is 10.6 Å². The van der Waals surface area contributed by atoms with Crippen LogP contribution < -0.4 is 10.6 Å². The van der Waals surface area contributed by atoms with E-state index < -0.39 is 0 Å². The fourth-order valence-electron chi connectivity index (χ4n) is 5.02. The first kappa shape index (κ1) is 15.0. The van der Waals surface area contributed by atoms with Crippen LogP contribution in [0, 0.1) is 11.8 Å². The molecule has 1 saturated heterocycles. The summed E-state index contributed by atoms with van der Waals surface area (Å²) < 4.78 is 0. The molecule has 2 aromatic carbocycles. The van der Waals surface area contributed by atoms with Crippen LogP contribution in [0.15, 0.2) is 54.6 Å². The number of fused-ring (bicyclic) bond motifs is 3. The van der Waals surface area contributed by atoms with E-state index in [2.05, 4.69) is 45.9 Å². The highest BCUT2D eigenvalue weighted by Gasteiger charge is 2.54. The number of likely N-dealkylation sites (tertiary alicyclic amines) is 1. The Morgan fingerprint density at radius 1 is 1.00 bits per heavy atom. The highest BCUT2D eigenvalue weighted by atomic mass is 16.2. The largest absolute Gasteiger partial charge is 0.362 e. The summed E-state index contributed by atoms with van der Waals surface area (Å²) in [6.45, 7) is 3.16. The molecular formula is C21H23N3O. The maximum Gasteiger partial charge on any atom is 0.255 e. The van der Waals surface area contributed by atoms with Gasteiger partial charge >= 0.3 is 0 Å². The zero-order chi connectivity index (χ0) is 16.9. The molecule has 3 atom stereocenters. The van der Waals surface area contributed by atoms with Crippen LogP contribution in [0.5, 0.6) is 0 Å². The Morgan fingerprint density at radius 2 is 1.80 bits per heavy atom. The Hall–Kier alpha value is -2.33. The van der Waals surface area contributed by atoms with Crippen molar-refractivity contribution in [2.45, 2.75) is 25.0 Å². The predicted molar refractivity (Wildman–Crippen MR) is 98.2 cm³/mol. The second-order valence-electron chi connectivity index (χ2n) is 7.68. The molecule has 0 aromatic heterocycles. The number of hydrogen-bond acceptors (Lipinski definition) is 3. The van der Waals surface area contributed by atoms with Gasteiger partial charge in [-0.05, 0) is 36.5 Å². The third kappa shape index (κ3) is 2.44. The summed E-state index contributed by atoms with van der Waals surface area (Å²) in [6, 6.07) is 18.5. The number of carbonyl (C=O) groups is 1. The number of anilines is 1. The van der Waals surface area contributed by atoms with Gasteiger partial charge in [0.25, 0.3) is 5.91 Å². The van der Waals surface area contributed by atoms with Crippen LogP contribution in [0.4, 0.5) is 5.69 Å². The summed E-state index contributed by atoms with van der Waals surface area (Å²) in [7, 11) is 0. The van der Waals surface area contributed by atoms with E-state index >= 15 is 0 Å². The SMILES string of the molecule is O=C1N[C@]2(CC[C@@H]3CN(Cc4ccccc4)C[C@H]32)Nc2ccccc21. The molecule has 1 amide bonds. The molecule has 0 radical (unpaired) electrons. The van der Waals surface area contributed by atoms with Crippen molar-refractivity contribution in [3.8, 4) is 0 Å². The summed E-state index contributed by atoms with van der Waals surface area (Å²) in [6.07, 6.45) is 2.19. The fraction of sp³-hybridized carbons (Fsp3) is 0.381. The van der Waals surface area contributed by atoms with E-state index in [0.717, 1.165) is 37.3 Å². The van der Waals surface area contributed by atoms with Gasteiger partial charge in [-0.15, -0.1) is 0 Å². The van der Waals surface area contributed by atoms with Gasteiger partial charge in [-0.25, -0.2) is 0 Å². The molecule has 2 aliphatic heterocycles. The minimum Gasteiger partial charge on any atom is -0.362 e. The third-order valence-corrected chi connectivity index (χ3v) is 6.17. The van der Waals surface area contributed by atoms with Crippen LogP contribution in [0.25, 0.3) is 0 Å². The van der Waals surface area contributed by atoms with Crippen LogP contribution in [0.3, 0.4) is 0 Å². The summed E-state index contributed by atoms with van der Waals surface area (Å²) >= 11 is 0. The number of amides is 1. The minimum absolute atomic E-state index is 0.0662. The maximum atomic E-state index is 12.6. The van der Waals surface area contributed by atoms with Crippen molar-refractivity contribution in [1.82, 2.24) is 10.2 Å². The lowest BCUT2D eigenvalue weighted by Gasteiger charge is -2.42. The van der Waals surface area contributed by atoms with Crippen molar-refractivity contribution >= 4 is 11.6 Å². The molecule has 0 bridgehead atoms. The average Bonchev–Trinajstić information content (AvgIpc) is 3.17. The van der Waals surface area contributed by atoms with Gasteiger partial charge in [0, 0.05) is 31.2 Å². The number of nitrogens with one attached hydrogen (secondary N) is 2. The van der Waals surface area contributed by atoms with Gasteiger partial charge in [-0.2, -0.15) is 0 Å². The Labute approximate surface area is 148 Å². The molecule has 2 aromatic rings. The van der Waals surface area contributed by atoms with Crippen LogP contribution in [0.2, 0.25) is 0 Å². The molecule has 2 N–H and O–H groups in total. The minimum atomic E-state index is -0.276. The lowest BCUT2D eigenvalue weighted by Crippen LogP contribution is -2.61. The fourth-order valence-corrected chi connectivity index (χ4v) is 5.02. The predicted octanol–water partition coefficient (Wildman–Crippen LogP) is 3.08. The van der Waals surface area contributed by atoms with Crippen molar-refractivity contribution in [2.24, 2.45) is 11.8 Å². The molecule has 1 aliphatic carbocycles. The van der Waals surface area contributed by atoms with E-state index in [-0.39, 0.29) is 11.6 Å². The van der Waals surface area contributed by atoms with E-state index in [1.807, 2.05) is 24.3 Å². The molecule has 3 aliphatic rings. The van der Waals surface area contributed by atoms with Crippen molar-refractivity contribution < 1.29 is 4.79 Å². The van der Waals surface area contributed by atoms with Crippen molar-refractivity contribution in [1.29, 1.82) is 0 Å². The second-order valence-corrected chi connectivity index (χ2v) is 7.68. The van der Waals surface area contributed by atoms with E-state index in [9.17, 15) is 4.79 Å². The van der Waals surface area contributed by atoms with Crippen molar-refractivity contribution in [2.75, 3.05) is 18.4 Å². The molecule has 1 spiro atoms. The number of benzene rings is 2. The molecule has 1 saturated carbocycles. The average molecular weight is 333 g/mol. The Bertz CT molecular complexity index is 806. The third-order valence-electron chi connectivity index (χ3n) is 6.17. The number of hydrogen-bond donors (Lipinski definition) is 2. The topological polar surface area (TPSA) is 44.4 Å². The second kappa shape index (κ2) is 5.60. The smallest absolute Gasteiger partial charge is 0.255 e. The van der Waals surface area contributed by atoms with Gasteiger partial charge in [0.2, 0.25) is 0 Å². The van der Waals surface area contributed by atoms with Crippen LogP contribution >= 0.6 is 0 Å². The summed E-state index contributed by atoms with van der Waals surface area (Å²) in [5.74, 6) is 1.19. The van der Waals surface area contributed by atoms with E-state index in [4.69, 9.17) is 0 Å². The number of rotatable bonds is 2. The Balaban J connectivity index is 1.38. The molecule has 0 unspecified atom stereocenters. The quantitative estimate of drug-likeness (QED) is 0.888. The molecule has 2 fully saturated rings. The van der Waals surface area contributed by atoms with Crippen LogP contribution in [-0.2, 0) is 6.54 Å². The molecule has 25 heavy (non-hydrogen) atoms. The molecule has 5 rings (SSSR count). The first-order valence-corrected chi connectivity index (χ1v) is 9.19. The number of para-hydroxylation sites is 1. The van der Waals surface area contributed by atoms with Gasteiger partial charge in [-0.3, -0.25) is 9.69 Å². The normalized spacial score (nSPS) is 30.6. The summed E-state index contributed by atoms with van der Waals surface area (Å²) in [5, 5.41) is 7.03. The van der Waals surface area contributed by atoms with E-state index in [1.165, 1.54) is 12.0 Å². The monoisotopic (exact) mass is 333 g/mol. The van der Waals surface area contributed by atoms with Gasteiger partial charge in [0.15, 0.2) is 0 Å². The molecular weight excluding hydrogens is 310 g/mol. The lowest BCUT2D eigenvalue weighted by molar-refractivity contribution is 0.0871. The summed E-state index contributed by atoms with van der Waals surface area (Å²) in [4.78, 5) is 15.2. The lowest BCUT2D eigenvalue weighted by atomic mass is 9.89. The van der Waals surface area contributed by atoms with Crippen LogP contribution in [-0.4, -0.2) is 29.6 Å². The first-order valence-electron chi connectivity index (χ1n) is 9.19. The maximum absolute atomic E-state index is 12.6. The Kier molecular flexibility index (Phi) is 3.35. The zero-order valence-corrected chi connectivity index (χ0v) is 14.2. The van der Waals surface area contributed by atoms with Gasteiger partial charge in [0.05, 0.1) is 5.56 Å². The summed E-state index contributed by atoms with van der Waals surface area (Å²) in [5.41, 5.74) is 2.83. The highest BCUT2D eigenvalue weighted by Crippen LogP contribution is 2.47. The molecule has 2 heterocycles. The number of carbonyl (C=O) groups excluding carboxylic acids is 1. The van der Waals surface area contributed by atoms with Gasteiger partial charge in [-0.1, -0.05) is 42.5 Å². The zero-order valence-electron chi connectivity index (χ0n) is 14.2. The highest BCUT2D eigenvalue weighted by molar-refractivity contribution is 6.02. The van der Waals surface area contributed by atoms with Crippen molar-refractivity contribution in [3.63, 3.8) is 0 Å². The van der Waals surface area contributed by atoms with Crippen LogP contribution in [0.1, 0.15) is 28.8 Å². The van der Waals surface area contributed by atoms with E-state index in [1.54, 1.807) is 0 Å². The van der Waals surface area contributed by atoms with Gasteiger partial charge in [0.1, 0.15) is 5.66 Å².